The Balaban J connectivity index is 1.74. The number of pyridine rings is 1. The SMILES string of the molecule is C=CCNS(=O)(=O)Cc1ccc(NC(=O)c2cc3cnn(C(C)C)c3nc2C)cc1. The highest BCUT2D eigenvalue weighted by Gasteiger charge is 2.16. The molecule has 0 aliphatic carbocycles. The van der Waals surface area contributed by atoms with Crippen molar-refractivity contribution in [3.63, 3.8) is 0 Å². The number of aromatic nitrogens is 3. The molecule has 0 unspecified atom stereocenters. The lowest BCUT2D eigenvalue weighted by molar-refractivity contribution is 0.102. The second-order valence-electron chi connectivity index (χ2n) is 7.26. The van der Waals surface area contributed by atoms with E-state index >= 15 is 0 Å². The maximum absolute atomic E-state index is 12.8. The molecule has 1 amide bonds. The van der Waals surface area contributed by atoms with Gasteiger partial charge in [0.05, 0.1) is 23.2 Å². The first-order chi connectivity index (χ1) is 14.2. The van der Waals surface area contributed by atoms with Gasteiger partial charge in [-0.15, -0.1) is 6.58 Å². The van der Waals surface area contributed by atoms with Gasteiger partial charge in [0, 0.05) is 23.7 Å². The van der Waals surface area contributed by atoms with Crippen molar-refractivity contribution in [3.8, 4) is 0 Å². The molecule has 0 fully saturated rings. The lowest BCUT2D eigenvalue weighted by Gasteiger charge is -2.10. The molecule has 3 rings (SSSR count). The van der Waals surface area contributed by atoms with Crippen LogP contribution in [0.25, 0.3) is 11.0 Å². The van der Waals surface area contributed by atoms with E-state index in [4.69, 9.17) is 0 Å². The summed E-state index contributed by atoms with van der Waals surface area (Å²) >= 11 is 0. The molecule has 2 N–H and O–H groups in total. The number of nitrogens with zero attached hydrogens (tertiary/aromatic N) is 3. The molecule has 0 bridgehead atoms. The molecular weight excluding hydrogens is 402 g/mol. The predicted molar refractivity (Wildman–Crippen MR) is 118 cm³/mol. The van der Waals surface area contributed by atoms with E-state index in [2.05, 4.69) is 26.7 Å². The number of hydrogen-bond acceptors (Lipinski definition) is 5. The second kappa shape index (κ2) is 8.76. The number of benzene rings is 1. The monoisotopic (exact) mass is 427 g/mol. The number of aryl methyl sites for hydroxylation is 1. The van der Waals surface area contributed by atoms with Gasteiger partial charge in [-0.3, -0.25) is 4.79 Å². The van der Waals surface area contributed by atoms with E-state index in [9.17, 15) is 13.2 Å². The summed E-state index contributed by atoms with van der Waals surface area (Å²) in [5.41, 5.74) is 3.00. The van der Waals surface area contributed by atoms with E-state index in [-0.39, 0.29) is 24.2 Å². The Kier molecular flexibility index (Phi) is 6.33. The van der Waals surface area contributed by atoms with Crippen molar-refractivity contribution in [2.75, 3.05) is 11.9 Å². The van der Waals surface area contributed by atoms with E-state index in [1.165, 1.54) is 6.08 Å². The first-order valence-electron chi connectivity index (χ1n) is 9.53. The third-order valence-corrected chi connectivity index (χ3v) is 5.83. The van der Waals surface area contributed by atoms with E-state index in [0.29, 0.717) is 22.5 Å². The van der Waals surface area contributed by atoms with Gasteiger partial charge in [0.25, 0.3) is 5.91 Å². The summed E-state index contributed by atoms with van der Waals surface area (Å²) in [6.45, 7) is 9.51. The minimum Gasteiger partial charge on any atom is -0.322 e. The molecule has 30 heavy (non-hydrogen) atoms. The molecule has 0 radical (unpaired) electrons. The molecule has 0 aliphatic rings. The van der Waals surface area contributed by atoms with Crippen molar-refractivity contribution in [3.05, 3.63) is 66.0 Å². The summed E-state index contributed by atoms with van der Waals surface area (Å²) in [4.78, 5) is 17.3. The van der Waals surface area contributed by atoms with Gasteiger partial charge in [-0.05, 0) is 44.5 Å². The van der Waals surface area contributed by atoms with Crippen LogP contribution in [0.1, 0.15) is 41.5 Å². The van der Waals surface area contributed by atoms with Crippen molar-refractivity contribution in [1.29, 1.82) is 0 Å². The molecule has 0 spiro atoms. The number of fused-ring (bicyclic) bond motifs is 1. The molecule has 0 saturated heterocycles. The second-order valence-corrected chi connectivity index (χ2v) is 9.07. The minimum absolute atomic E-state index is 0.144. The summed E-state index contributed by atoms with van der Waals surface area (Å²) in [6, 6.07) is 8.64. The summed E-state index contributed by atoms with van der Waals surface area (Å²) in [7, 11) is -3.43. The first-order valence-corrected chi connectivity index (χ1v) is 11.2. The van der Waals surface area contributed by atoms with E-state index in [1.54, 1.807) is 43.5 Å². The largest absolute Gasteiger partial charge is 0.322 e. The van der Waals surface area contributed by atoms with Gasteiger partial charge in [0.2, 0.25) is 10.0 Å². The van der Waals surface area contributed by atoms with Gasteiger partial charge >= 0.3 is 0 Å². The Labute approximate surface area is 176 Å². The molecule has 0 atom stereocenters. The third-order valence-electron chi connectivity index (χ3n) is 4.51. The van der Waals surface area contributed by atoms with E-state index in [0.717, 1.165) is 11.0 Å². The van der Waals surface area contributed by atoms with Crippen LogP contribution in [-0.2, 0) is 15.8 Å². The van der Waals surface area contributed by atoms with Crippen LogP contribution < -0.4 is 10.0 Å². The van der Waals surface area contributed by atoms with Crippen molar-refractivity contribution in [1.82, 2.24) is 19.5 Å². The fourth-order valence-electron chi connectivity index (χ4n) is 3.01. The molecule has 0 aliphatic heterocycles. The van der Waals surface area contributed by atoms with E-state index < -0.39 is 10.0 Å². The summed E-state index contributed by atoms with van der Waals surface area (Å²) < 4.78 is 28.2. The average molecular weight is 428 g/mol. The summed E-state index contributed by atoms with van der Waals surface area (Å²) in [6.07, 6.45) is 3.19. The smallest absolute Gasteiger partial charge is 0.257 e. The number of sulfonamides is 1. The molecule has 9 heteroatoms. The van der Waals surface area contributed by atoms with Crippen LogP contribution in [0.15, 0.2) is 49.2 Å². The molecule has 8 nitrogen and oxygen atoms in total. The normalized spacial score (nSPS) is 11.7. The van der Waals surface area contributed by atoms with Crippen LogP contribution in [0.5, 0.6) is 0 Å². The zero-order chi connectivity index (χ0) is 21.9. The van der Waals surface area contributed by atoms with Gasteiger partial charge in [-0.2, -0.15) is 5.10 Å². The highest BCUT2D eigenvalue weighted by Crippen LogP contribution is 2.20. The van der Waals surface area contributed by atoms with Gasteiger partial charge in [-0.1, -0.05) is 18.2 Å². The molecule has 1 aromatic carbocycles. The van der Waals surface area contributed by atoms with Crippen molar-refractivity contribution in [2.24, 2.45) is 0 Å². The number of nitrogens with one attached hydrogen (secondary N) is 2. The predicted octanol–water partition coefficient (Wildman–Crippen LogP) is 3.18. The maximum Gasteiger partial charge on any atom is 0.257 e. The lowest BCUT2D eigenvalue weighted by atomic mass is 10.1. The van der Waals surface area contributed by atoms with Gasteiger partial charge < -0.3 is 5.32 Å². The number of amides is 1. The van der Waals surface area contributed by atoms with Gasteiger partial charge in [0.1, 0.15) is 0 Å². The van der Waals surface area contributed by atoms with Crippen LogP contribution in [0.2, 0.25) is 0 Å². The summed E-state index contributed by atoms with van der Waals surface area (Å²) in [5, 5.41) is 7.97. The highest BCUT2D eigenvalue weighted by atomic mass is 32.2. The fraction of sp³-hybridized carbons (Fsp3) is 0.286. The average Bonchev–Trinajstić information content (AvgIpc) is 3.10. The lowest BCUT2D eigenvalue weighted by Crippen LogP contribution is -2.25. The standard InChI is InChI=1S/C21H25N5O3S/c1-5-10-23-30(28,29)13-16-6-8-18(9-7-16)25-21(27)19-11-17-12-22-26(14(2)3)20(17)24-15(19)4/h5-9,11-12,14,23H,1,10,13H2,2-4H3,(H,25,27). The quantitative estimate of drug-likeness (QED) is 0.537. The molecule has 3 aromatic rings. The Morgan fingerprint density at radius 1 is 1.27 bits per heavy atom. The van der Waals surface area contributed by atoms with Crippen molar-refractivity contribution >= 4 is 32.7 Å². The Morgan fingerprint density at radius 3 is 2.60 bits per heavy atom. The van der Waals surface area contributed by atoms with Crippen molar-refractivity contribution < 1.29 is 13.2 Å². The molecule has 158 valence electrons. The number of rotatable bonds is 8. The van der Waals surface area contributed by atoms with Crippen LogP contribution in [0, 0.1) is 6.92 Å². The molecular formula is C21H25N5O3S. The highest BCUT2D eigenvalue weighted by molar-refractivity contribution is 7.88. The first kappa shape index (κ1) is 21.7. The van der Waals surface area contributed by atoms with Crippen LogP contribution in [0.3, 0.4) is 0 Å². The third kappa shape index (κ3) is 4.92. The van der Waals surface area contributed by atoms with Crippen LogP contribution in [0.4, 0.5) is 5.69 Å². The van der Waals surface area contributed by atoms with Crippen LogP contribution in [-0.4, -0.2) is 35.6 Å². The van der Waals surface area contributed by atoms with Gasteiger partial charge in [0.15, 0.2) is 5.65 Å². The van der Waals surface area contributed by atoms with Crippen molar-refractivity contribution in [2.45, 2.75) is 32.6 Å². The Hall–Kier alpha value is -3.04. The zero-order valence-corrected chi connectivity index (χ0v) is 18.0. The number of carbonyl (C=O) groups excluding carboxylic acids is 1. The number of anilines is 1. The Bertz CT molecular complexity index is 1180. The van der Waals surface area contributed by atoms with E-state index in [1.807, 2.05) is 18.5 Å². The molecule has 2 heterocycles. The molecule has 0 saturated carbocycles. The van der Waals surface area contributed by atoms with Crippen LogP contribution >= 0.6 is 0 Å². The Morgan fingerprint density at radius 2 is 1.97 bits per heavy atom. The number of hydrogen-bond donors (Lipinski definition) is 2. The zero-order valence-electron chi connectivity index (χ0n) is 17.2. The molecule has 2 aromatic heterocycles. The summed E-state index contributed by atoms with van der Waals surface area (Å²) in [5.74, 6) is -0.429. The minimum atomic E-state index is -3.43. The van der Waals surface area contributed by atoms with Gasteiger partial charge in [-0.25, -0.2) is 22.8 Å². The maximum atomic E-state index is 12.8. The topological polar surface area (TPSA) is 106 Å². The fourth-order valence-corrected chi connectivity index (χ4v) is 4.12. The number of carbonyl (C=O) groups is 1.